The number of anilines is 1. The maximum absolute atomic E-state index is 13.7. The van der Waals surface area contributed by atoms with Crippen LogP contribution in [0.2, 0.25) is 0 Å². The number of hydrogen-bond donors (Lipinski definition) is 3. The standard InChI is InChI=1S/C37H43N5O4/c1-24-19-30(34(44)3-2-18-43)14-17-33(24)27-8-4-25(5-9-27)20-31(21-35(45)28-10-6-26(22-38)7-11-28)37(46)41-32-15-12-29(13-16-32)36-39-23-40-42-36/h4-5,8-9,12-17,19,26,28,31,43H,2-3,6-7,10-11,18,20-23,38H2,1H3,(H,41,46)/t26?,28?,31-/m1/s1. The molecule has 3 aromatic rings. The second-order valence-corrected chi connectivity index (χ2v) is 12.4. The van der Waals surface area contributed by atoms with E-state index in [-0.39, 0.29) is 36.4 Å². The van der Waals surface area contributed by atoms with Crippen molar-refractivity contribution in [3.63, 3.8) is 0 Å². The Hall–Kier alpha value is -4.34. The van der Waals surface area contributed by atoms with Gasteiger partial charge >= 0.3 is 0 Å². The van der Waals surface area contributed by atoms with E-state index in [0.29, 0.717) is 55.5 Å². The molecule has 3 aromatic carbocycles. The van der Waals surface area contributed by atoms with Crippen molar-refractivity contribution in [3.05, 3.63) is 89.0 Å². The number of azo groups is 1. The van der Waals surface area contributed by atoms with Crippen LogP contribution in [-0.4, -0.2) is 48.2 Å². The highest BCUT2D eigenvalue weighted by atomic mass is 16.3. The summed E-state index contributed by atoms with van der Waals surface area (Å²) in [7, 11) is 0. The fourth-order valence-electron chi connectivity index (χ4n) is 6.36. The monoisotopic (exact) mass is 621 g/mol. The molecule has 1 saturated carbocycles. The minimum Gasteiger partial charge on any atom is -0.396 e. The molecule has 0 bridgehead atoms. The van der Waals surface area contributed by atoms with Crippen LogP contribution in [0.4, 0.5) is 5.69 Å². The number of nitrogens with zero attached hydrogens (tertiary/aromatic N) is 3. The molecular weight excluding hydrogens is 578 g/mol. The average molecular weight is 622 g/mol. The lowest BCUT2D eigenvalue weighted by Crippen LogP contribution is -2.31. The van der Waals surface area contributed by atoms with Gasteiger partial charge < -0.3 is 16.2 Å². The number of hydrogen-bond acceptors (Lipinski definition) is 8. The number of nitrogens with one attached hydrogen (secondary N) is 1. The Morgan fingerprint density at radius 2 is 1.67 bits per heavy atom. The predicted molar refractivity (Wildman–Crippen MR) is 180 cm³/mol. The molecule has 1 fully saturated rings. The molecule has 240 valence electrons. The fraction of sp³-hybridized carbons (Fsp3) is 0.405. The van der Waals surface area contributed by atoms with E-state index in [1.165, 1.54) is 0 Å². The third-order valence-corrected chi connectivity index (χ3v) is 9.17. The molecule has 1 heterocycles. The first kappa shape index (κ1) is 33.0. The van der Waals surface area contributed by atoms with E-state index >= 15 is 0 Å². The largest absolute Gasteiger partial charge is 0.396 e. The molecule has 5 rings (SSSR count). The van der Waals surface area contributed by atoms with Crippen LogP contribution in [0, 0.1) is 24.7 Å². The summed E-state index contributed by atoms with van der Waals surface area (Å²) < 4.78 is 0. The smallest absolute Gasteiger partial charge is 0.228 e. The minimum atomic E-state index is -0.524. The van der Waals surface area contributed by atoms with Crippen LogP contribution in [-0.2, 0) is 16.0 Å². The first-order valence-electron chi connectivity index (χ1n) is 16.2. The summed E-state index contributed by atoms with van der Waals surface area (Å²) in [6.07, 6.45) is 4.98. The van der Waals surface area contributed by atoms with E-state index in [4.69, 9.17) is 10.8 Å². The molecule has 9 nitrogen and oxygen atoms in total. The van der Waals surface area contributed by atoms with Crippen molar-refractivity contribution in [3.8, 4) is 11.1 Å². The van der Waals surface area contributed by atoms with Gasteiger partial charge in [-0.05, 0) is 110 Å². The van der Waals surface area contributed by atoms with Crippen LogP contribution < -0.4 is 11.1 Å². The summed E-state index contributed by atoms with van der Waals surface area (Å²) in [5.74, 6) is 0.495. The summed E-state index contributed by atoms with van der Waals surface area (Å²) in [6.45, 7) is 2.97. The van der Waals surface area contributed by atoms with Gasteiger partial charge in [0.25, 0.3) is 0 Å². The number of amides is 1. The molecule has 9 heteroatoms. The van der Waals surface area contributed by atoms with Gasteiger partial charge in [0.1, 0.15) is 5.78 Å². The number of rotatable bonds is 14. The number of carbonyl (C=O) groups is 3. The first-order chi connectivity index (χ1) is 22.3. The van der Waals surface area contributed by atoms with Gasteiger partial charge in [-0.3, -0.25) is 14.4 Å². The van der Waals surface area contributed by atoms with Gasteiger partial charge in [0.15, 0.2) is 18.3 Å². The summed E-state index contributed by atoms with van der Waals surface area (Å²) in [4.78, 5) is 43.8. The zero-order valence-electron chi connectivity index (χ0n) is 26.5. The highest BCUT2D eigenvalue weighted by molar-refractivity contribution is 6.01. The van der Waals surface area contributed by atoms with Crippen molar-refractivity contribution in [1.29, 1.82) is 0 Å². The van der Waals surface area contributed by atoms with Crippen molar-refractivity contribution in [2.24, 2.45) is 38.7 Å². The fourth-order valence-corrected chi connectivity index (χ4v) is 6.36. The molecular formula is C37H43N5O4. The lowest BCUT2D eigenvalue weighted by Gasteiger charge is -2.27. The van der Waals surface area contributed by atoms with Crippen LogP contribution in [0.5, 0.6) is 0 Å². The van der Waals surface area contributed by atoms with E-state index in [1.807, 2.05) is 73.7 Å². The van der Waals surface area contributed by atoms with Crippen LogP contribution in [0.25, 0.3) is 11.1 Å². The average Bonchev–Trinajstić information content (AvgIpc) is 3.63. The van der Waals surface area contributed by atoms with E-state index in [1.54, 1.807) is 0 Å². The van der Waals surface area contributed by atoms with Crippen molar-refractivity contribution < 1.29 is 19.5 Å². The number of aryl methyl sites for hydroxylation is 1. The van der Waals surface area contributed by atoms with Crippen molar-refractivity contribution in [2.45, 2.75) is 58.3 Å². The molecule has 1 atom stereocenters. The number of amidine groups is 1. The number of aliphatic imine (C=N–C) groups is 1. The molecule has 46 heavy (non-hydrogen) atoms. The maximum atomic E-state index is 13.7. The number of Topliss-reactive ketones (excluding diaryl/α,β-unsaturated/α-hetero) is 2. The highest BCUT2D eigenvalue weighted by Crippen LogP contribution is 2.31. The zero-order chi connectivity index (χ0) is 32.5. The Kier molecular flexibility index (Phi) is 11.3. The second kappa shape index (κ2) is 15.8. The number of nitrogens with two attached hydrogens (primary N) is 1. The van der Waals surface area contributed by atoms with Gasteiger partial charge in [-0.25, -0.2) is 4.99 Å². The molecule has 1 aliphatic heterocycles. The van der Waals surface area contributed by atoms with E-state index in [0.717, 1.165) is 53.5 Å². The van der Waals surface area contributed by atoms with Gasteiger partial charge in [-0.2, -0.15) is 5.11 Å². The normalized spacial score (nSPS) is 18.2. The minimum absolute atomic E-state index is 0.000760. The third-order valence-electron chi connectivity index (χ3n) is 9.17. The van der Waals surface area contributed by atoms with Crippen molar-refractivity contribution in [2.75, 3.05) is 25.1 Å². The highest BCUT2D eigenvalue weighted by Gasteiger charge is 2.30. The summed E-state index contributed by atoms with van der Waals surface area (Å²) >= 11 is 0. The summed E-state index contributed by atoms with van der Waals surface area (Å²) in [6, 6.07) is 21.1. The Morgan fingerprint density at radius 3 is 2.30 bits per heavy atom. The van der Waals surface area contributed by atoms with E-state index in [2.05, 4.69) is 20.5 Å². The molecule has 4 N–H and O–H groups in total. The van der Waals surface area contributed by atoms with Crippen molar-refractivity contribution >= 4 is 29.0 Å². The van der Waals surface area contributed by atoms with Gasteiger partial charge in [0, 0.05) is 48.1 Å². The third kappa shape index (κ3) is 8.47. The van der Waals surface area contributed by atoms with Gasteiger partial charge in [-0.1, -0.05) is 36.4 Å². The molecule has 0 radical (unpaired) electrons. The molecule has 1 amide bonds. The number of carbonyl (C=O) groups excluding carboxylic acids is 3. The summed E-state index contributed by atoms with van der Waals surface area (Å²) in [5, 5.41) is 20.0. The van der Waals surface area contributed by atoms with Gasteiger partial charge in [-0.15, -0.1) is 5.11 Å². The van der Waals surface area contributed by atoms with Crippen LogP contribution in [0.1, 0.15) is 72.0 Å². The van der Waals surface area contributed by atoms with Gasteiger partial charge in [0.2, 0.25) is 5.91 Å². The number of benzene rings is 3. The lowest BCUT2D eigenvalue weighted by molar-refractivity contribution is -0.129. The number of aliphatic hydroxyl groups excluding tert-OH is 1. The Balaban J connectivity index is 1.29. The summed E-state index contributed by atoms with van der Waals surface area (Å²) in [5.41, 5.74) is 12.0. The van der Waals surface area contributed by atoms with E-state index < -0.39 is 5.92 Å². The maximum Gasteiger partial charge on any atom is 0.228 e. The molecule has 0 saturated heterocycles. The quantitative estimate of drug-likeness (QED) is 0.181. The molecule has 0 spiro atoms. The Morgan fingerprint density at radius 1 is 0.957 bits per heavy atom. The van der Waals surface area contributed by atoms with Crippen LogP contribution in [0.15, 0.2) is 82.0 Å². The van der Waals surface area contributed by atoms with Crippen LogP contribution in [0.3, 0.4) is 0 Å². The number of ketones is 2. The number of aliphatic hydroxyl groups is 1. The van der Waals surface area contributed by atoms with Crippen molar-refractivity contribution in [1.82, 2.24) is 0 Å². The van der Waals surface area contributed by atoms with Gasteiger partial charge in [0.05, 0.1) is 0 Å². The molecule has 0 unspecified atom stereocenters. The topological polar surface area (TPSA) is 147 Å². The molecule has 2 aliphatic rings. The lowest BCUT2D eigenvalue weighted by atomic mass is 9.77. The van der Waals surface area contributed by atoms with E-state index in [9.17, 15) is 14.4 Å². The second-order valence-electron chi connectivity index (χ2n) is 12.4. The molecule has 1 aliphatic carbocycles. The Bertz CT molecular complexity index is 1590. The Labute approximate surface area is 270 Å². The molecule has 0 aromatic heterocycles. The predicted octanol–water partition coefficient (Wildman–Crippen LogP) is 6.31. The first-order valence-corrected chi connectivity index (χ1v) is 16.2. The SMILES string of the molecule is Cc1cc(C(=O)CCCO)ccc1-c1ccc(C[C@H](CC(=O)C2CCC(CN)CC2)C(=O)Nc2ccc(C3=NCN=N3)cc2)cc1. The zero-order valence-corrected chi connectivity index (χ0v) is 26.5. The van der Waals surface area contributed by atoms with Crippen LogP contribution >= 0.6 is 0 Å².